The van der Waals surface area contributed by atoms with Crippen LogP contribution in [0.4, 0.5) is 4.32 Å². The van der Waals surface area contributed by atoms with Crippen LogP contribution in [0.5, 0.6) is 0 Å². The Morgan fingerprint density at radius 2 is 1.92 bits per heavy atom. The SMILES string of the molecule is Cc1cc(C)c([B]F)c(C(Cl)Cl)c1. The molecule has 0 N–H and O–H groups in total. The average Bonchev–Trinajstić information content (AvgIpc) is 2.02. The van der Waals surface area contributed by atoms with Crippen molar-refractivity contribution < 1.29 is 4.32 Å². The van der Waals surface area contributed by atoms with Gasteiger partial charge in [0.1, 0.15) is 4.84 Å². The maximum Gasteiger partial charge on any atom is 0.392 e. The van der Waals surface area contributed by atoms with Crippen molar-refractivity contribution in [3.63, 3.8) is 0 Å². The Morgan fingerprint density at radius 1 is 1.31 bits per heavy atom. The zero-order chi connectivity index (χ0) is 10.0. The van der Waals surface area contributed by atoms with Crippen molar-refractivity contribution in [1.82, 2.24) is 0 Å². The van der Waals surface area contributed by atoms with E-state index < -0.39 is 4.84 Å². The molecular weight excluding hydrogens is 209 g/mol. The lowest BCUT2D eigenvalue weighted by atomic mass is 9.82. The van der Waals surface area contributed by atoms with E-state index in [-0.39, 0.29) is 0 Å². The van der Waals surface area contributed by atoms with Gasteiger partial charge in [0.25, 0.3) is 0 Å². The molecule has 0 amide bonds. The maximum absolute atomic E-state index is 12.5. The molecule has 0 saturated heterocycles. The summed E-state index contributed by atoms with van der Waals surface area (Å²) in [6.45, 7) is 3.76. The summed E-state index contributed by atoms with van der Waals surface area (Å²) >= 11 is 11.4. The molecule has 0 aliphatic heterocycles. The van der Waals surface area contributed by atoms with Gasteiger partial charge in [0, 0.05) is 0 Å². The topological polar surface area (TPSA) is 0 Å². The third kappa shape index (κ3) is 2.38. The minimum atomic E-state index is -0.680. The molecule has 0 saturated carbocycles. The Bertz CT molecular complexity index is 313. The molecule has 1 rings (SSSR count). The van der Waals surface area contributed by atoms with Crippen LogP contribution in [-0.4, -0.2) is 7.56 Å². The van der Waals surface area contributed by atoms with Crippen LogP contribution in [-0.2, 0) is 0 Å². The van der Waals surface area contributed by atoms with Gasteiger partial charge in [-0.2, -0.15) is 0 Å². The molecular formula is C9H9BCl2F. The number of alkyl halides is 2. The van der Waals surface area contributed by atoms with E-state index in [1.807, 2.05) is 19.9 Å². The van der Waals surface area contributed by atoms with Crippen molar-refractivity contribution in [2.75, 3.05) is 0 Å². The lowest BCUT2D eigenvalue weighted by Gasteiger charge is -2.11. The van der Waals surface area contributed by atoms with Crippen molar-refractivity contribution in [3.05, 3.63) is 28.8 Å². The first kappa shape index (κ1) is 10.9. The maximum atomic E-state index is 12.5. The van der Waals surface area contributed by atoms with Crippen molar-refractivity contribution in [1.29, 1.82) is 0 Å². The van der Waals surface area contributed by atoms with Gasteiger partial charge in [0.05, 0.1) is 0 Å². The van der Waals surface area contributed by atoms with Crippen LogP contribution in [0.15, 0.2) is 12.1 Å². The van der Waals surface area contributed by atoms with E-state index in [4.69, 9.17) is 23.2 Å². The molecule has 0 aliphatic carbocycles. The second-order valence-electron chi connectivity index (χ2n) is 2.99. The number of halogens is 3. The molecule has 1 radical (unpaired) electrons. The summed E-state index contributed by atoms with van der Waals surface area (Å²) in [4.78, 5) is -0.680. The monoisotopic (exact) mass is 217 g/mol. The van der Waals surface area contributed by atoms with E-state index in [9.17, 15) is 4.32 Å². The normalized spacial score (nSPS) is 10.6. The van der Waals surface area contributed by atoms with Gasteiger partial charge in [-0.1, -0.05) is 23.3 Å². The van der Waals surface area contributed by atoms with Gasteiger partial charge < -0.3 is 4.32 Å². The first-order valence-corrected chi connectivity index (χ1v) is 4.76. The fraction of sp³-hybridized carbons (Fsp3) is 0.333. The predicted molar refractivity (Wildman–Crippen MR) is 56.9 cm³/mol. The lowest BCUT2D eigenvalue weighted by molar-refractivity contribution is 0.883. The summed E-state index contributed by atoms with van der Waals surface area (Å²) in [6.07, 6.45) is 0. The molecule has 0 bridgehead atoms. The quantitative estimate of drug-likeness (QED) is 0.528. The standard InChI is InChI=1S/C9H9BCl2F/c1-5-3-6(2)8(10-13)7(4-5)9(11)12/h3-4,9H,1-2H3. The molecule has 0 aromatic heterocycles. The van der Waals surface area contributed by atoms with Crippen molar-refractivity contribution in [2.45, 2.75) is 18.7 Å². The second kappa shape index (κ2) is 4.34. The number of benzene rings is 1. The molecule has 0 aliphatic rings. The Balaban J connectivity index is 3.29. The predicted octanol–water partition coefficient (Wildman–Crippen LogP) is 2.99. The smallest absolute Gasteiger partial charge is 0.335 e. The van der Waals surface area contributed by atoms with Gasteiger partial charge in [-0.3, -0.25) is 0 Å². The summed E-state index contributed by atoms with van der Waals surface area (Å²) < 4.78 is 12.5. The summed E-state index contributed by atoms with van der Waals surface area (Å²) in [5.41, 5.74) is 3.00. The Hall–Kier alpha value is -0.205. The van der Waals surface area contributed by atoms with E-state index in [1.54, 1.807) is 6.07 Å². The highest BCUT2D eigenvalue weighted by atomic mass is 35.5. The highest BCUT2D eigenvalue weighted by molar-refractivity contribution is 6.51. The minimum Gasteiger partial charge on any atom is -0.335 e. The van der Waals surface area contributed by atoms with Gasteiger partial charge in [0.15, 0.2) is 0 Å². The van der Waals surface area contributed by atoms with Crippen LogP contribution in [0.2, 0.25) is 0 Å². The van der Waals surface area contributed by atoms with Crippen molar-refractivity contribution in [2.24, 2.45) is 0 Å². The third-order valence-electron chi connectivity index (χ3n) is 1.91. The fourth-order valence-electron chi connectivity index (χ4n) is 1.34. The highest BCUT2D eigenvalue weighted by Crippen LogP contribution is 2.24. The summed E-state index contributed by atoms with van der Waals surface area (Å²) in [6, 6.07) is 3.69. The molecule has 0 unspecified atom stereocenters. The summed E-state index contributed by atoms with van der Waals surface area (Å²) in [5.74, 6) is 0. The Kier molecular flexibility index (Phi) is 3.63. The zero-order valence-electron chi connectivity index (χ0n) is 7.44. The van der Waals surface area contributed by atoms with Crippen LogP contribution in [0.25, 0.3) is 0 Å². The molecule has 0 spiro atoms. The molecule has 0 nitrogen and oxygen atoms in total. The van der Waals surface area contributed by atoms with Gasteiger partial charge in [-0.25, -0.2) is 0 Å². The zero-order valence-corrected chi connectivity index (χ0v) is 8.96. The number of hydrogen-bond acceptors (Lipinski definition) is 0. The van der Waals surface area contributed by atoms with Crippen LogP contribution in [0, 0.1) is 13.8 Å². The Morgan fingerprint density at radius 3 is 2.38 bits per heavy atom. The number of hydrogen-bond donors (Lipinski definition) is 0. The molecule has 0 atom stereocenters. The molecule has 0 fully saturated rings. The minimum absolute atomic E-state index is 0.487. The highest BCUT2D eigenvalue weighted by Gasteiger charge is 2.13. The van der Waals surface area contributed by atoms with Crippen molar-refractivity contribution in [3.8, 4) is 0 Å². The molecule has 4 heteroatoms. The van der Waals surface area contributed by atoms with Gasteiger partial charge in [-0.05, 0) is 24.9 Å². The molecule has 13 heavy (non-hydrogen) atoms. The van der Waals surface area contributed by atoms with Gasteiger partial charge in [-0.15, -0.1) is 23.2 Å². The first-order valence-electron chi connectivity index (χ1n) is 3.89. The molecule has 69 valence electrons. The number of aryl methyl sites for hydroxylation is 2. The molecule has 1 aromatic carbocycles. The molecule has 1 aromatic rings. The second-order valence-corrected chi connectivity index (χ2v) is 4.09. The lowest BCUT2D eigenvalue weighted by Crippen LogP contribution is -2.20. The third-order valence-corrected chi connectivity index (χ3v) is 2.38. The first-order chi connectivity index (χ1) is 6.06. The van der Waals surface area contributed by atoms with E-state index in [2.05, 4.69) is 0 Å². The van der Waals surface area contributed by atoms with Crippen LogP contribution in [0.3, 0.4) is 0 Å². The fourth-order valence-corrected chi connectivity index (χ4v) is 1.70. The largest absolute Gasteiger partial charge is 0.392 e. The van der Waals surface area contributed by atoms with E-state index >= 15 is 0 Å². The number of rotatable bonds is 2. The van der Waals surface area contributed by atoms with E-state index in [1.165, 1.54) is 0 Å². The Labute approximate surface area is 88.3 Å². The van der Waals surface area contributed by atoms with Crippen molar-refractivity contribution >= 4 is 36.2 Å². The van der Waals surface area contributed by atoms with E-state index in [0.717, 1.165) is 11.1 Å². The summed E-state index contributed by atoms with van der Waals surface area (Å²) in [5, 5.41) is 0. The summed E-state index contributed by atoms with van der Waals surface area (Å²) in [7, 11) is 0.544. The van der Waals surface area contributed by atoms with Crippen LogP contribution in [0.1, 0.15) is 21.5 Å². The average molecular weight is 218 g/mol. The van der Waals surface area contributed by atoms with E-state index in [0.29, 0.717) is 18.6 Å². The molecule has 0 heterocycles. The van der Waals surface area contributed by atoms with Crippen LogP contribution >= 0.6 is 23.2 Å². The van der Waals surface area contributed by atoms with Gasteiger partial charge in [0.2, 0.25) is 0 Å². The van der Waals surface area contributed by atoms with Gasteiger partial charge >= 0.3 is 7.56 Å². The van der Waals surface area contributed by atoms with Crippen LogP contribution < -0.4 is 5.46 Å².